The van der Waals surface area contributed by atoms with E-state index in [1.54, 1.807) is 7.11 Å². The van der Waals surface area contributed by atoms with Crippen molar-refractivity contribution >= 4 is 5.57 Å². The lowest BCUT2D eigenvalue weighted by molar-refractivity contribution is 0.321. The maximum absolute atomic E-state index is 5.26. The largest absolute Gasteiger partial charge is 0.497 e. The highest BCUT2D eigenvalue weighted by Gasteiger charge is 2.12. The molecule has 1 aliphatic rings. The lowest BCUT2D eigenvalue weighted by atomic mass is 10.0. The predicted molar refractivity (Wildman–Crippen MR) is 67.7 cm³/mol. The van der Waals surface area contributed by atoms with Crippen molar-refractivity contribution in [2.45, 2.75) is 13.3 Å². The Kier molecular flexibility index (Phi) is 3.62. The number of hydrogen-bond donors (Lipinski definition) is 0. The standard InChI is InChI=1S/C14H19NO/c1-3-15-9-5-7-13(11-15)12-6-4-8-14(10-12)16-2/h4,6-8,10H,3,5,9,11H2,1-2H3. The third-order valence-corrected chi connectivity index (χ3v) is 3.12. The maximum atomic E-state index is 5.26. The number of benzene rings is 1. The van der Waals surface area contributed by atoms with E-state index in [0.29, 0.717) is 0 Å². The zero-order valence-electron chi connectivity index (χ0n) is 10.1. The fourth-order valence-corrected chi connectivity index (χ4v) is 2.11. The molecule has 0 aromatic heterocycles. The van der Waals surface area contributed by atoms with E-state index < -0.39 is 0 Å². The molecule has 2 rings (SSSR count). The van der Waals surface area contributed by atoms with Gasteiger partial charge in [0, 0.05) is 13.1 Å². The van der Waals surface area contributed by atoms with Crippen LogP contribution >= 0.6 is 0 Å². The molecule has 1 heterocycles. The van der Waals surface area contributed by atoms with Gasteiger partial charge < -0.3 is 4.74 Å². The van der Waals surface area contributed by atoms with Crippen molar-refractivity contribution in [1.82, 2.24) is 4.90 Å². The molecule has 0 saturated heterocycles. The summed E-state index contributed by atoms with van der Waals surface area (Å²) in [6, 6.07) is 8.32. The molecule has 1 aromatic rings. The van der Waals surface area contributed by atoms with Crippen molar-refractivity contribution in [2.24, 2.45) is 0 Å². The van der Waals surface area contributed by atoms with Crippen LogP contribution in [0.25, 0.3) is 5.57 Å². The molecule has 0 N–H and O–H groups in total. The van der Waals surface area contributed by atoms with Gasteiger partial charge in [0.1, 0.15) is 5.75 Å². The second-order valence-electron chi connectivity index (χ2n) is 4.12. The average Bonchev–Trinajstić information content (AvgIpc) is 2.39. The van der Waals surface area contributed by atoms with E-state index in [4.69, 9.17) is 4.74 Å². The number of likely N-dealkylation sites (N-methyl/N-ethyl adjacent to an activating group) is 1. The van der Waals surface area contributed by atoms with Gasteiger partial charge in [0.25, 0.3) is 0 Å². The Bertz CT molecular complexity index is 384. The van der Waals surface area contributed by atoms with Crippen LogP contribution in [0, 0.1) is 0 Å². The van der Waals surface area contributed by atoms with Crippen LogP contribution in [-0.2, 0) is 0 Å². The quantitative estimate of drug-likeness (QED) is 0.772. The predicted octanol–water partition coefficient (Wildman–Crippen LogP) is 2.80. The lowest BCUT2D eigenvalue weighted by Crippen LogP contribution is -2.29. The average molecular weight is 217 g/mol. The zero-order valence-corrected chi connectivity index (χ0v) is 10.1. The molecule has 0 atom stereocenters. The molecule has 1 aliphatic heterocycles. The second-order valence-corrected chi connectivity index (χ2v) is 4.12. The molecule has 16 heavy (non-hydrogen) atoms. The number of methoxy groups -OCH3 is 1. The molecule has 0 bridgehead atoms. The van der Waals surface area contributed by atoms with Gasteiger partial charge in [-0.3, -0.25) is 4.90 Å². The van der Waals surface area contributed by atoms with E-state index in [0.717, 1.165) is 25.3 Å². The first-order valence-electron chi connectivity index (χ1n) is 5.89. The Labute approximate surface area is 97.5 Å². The molecular formula is C14H19NO. The summed E-state index contributed by atoms with van der Waals surface area (Å²) in [4.78, 5) is 2.47. The van der Waals surface area contributed by atoms with E-state index in [1.165, 1.54) is 17.7 Å². The molecule has 0 fully saturated rings. The second kappa shape index (κ2) is 5.17. The third-order valence-electron chi connectivity index (χ3n) is 3.12. The van der Waals surface area contributed by atoms with Gasteiger partial charge in [0.05, 0.1) is 7.11 Å². The molecule has 1 aromatic carbocycles. The van der Waals surface area contributed by atoms with Crippen molar-refractivity contribution in [2.75, 3.05) is 26.7 Å². The van der Waals surface area contributed by atoms with Crippen molar-refractivity contribution in [3.63, 3.8) is 0 Å². The Hall–Kier alpha value is -1.28. The number of hydrogen-bond acceptors (Lipinski definition) is 2. The van der Waals surface area contributed by atoms with Gasteiger partial charge in [-0.25, -0.2) is 0 Å². The van der Waals surface area contributed by atoms with E-state index in [1.807, 2.05) is 6.07 Å². The van der Waals surface area contributed by atoms with Gasteiger partial charge in [-0.1, -0.05) is 25.1 Å². The summed E-state index contributed by atoms with van der Waals surface area (Å²) in [5.74, 6) is 0.937. The molecule has 0 aliphatic carbocycles. The molecule has 0 amide bonds. The summed E-state index contributed by atoms with van der Waals surface area (Å²) in [7, 11) is 1.71. The van der Waals surface area contributed by atoms with E-state index in [9.17, 15) is 0 Å². The highest BCUT2D eigenvalue weighted by molar-refractivity contribution is 5.68. The Morgan fingerprint density at radius 1 is 1.38 bits per heavy atom. The Morgan fingerprint density at radius 2 is 2.25 bits per heavy atom. The van der Waals surface area contributed by atoms with Crippen LogP contribution in [0.2, 0.25) is 0 Å². The van der Waals surface area contributed by atoms with Crippen LogP contribution < -0.4 is 4.74 Å². The van der Waals surface area contributed by atoms with Gasteiger partial charge in [-0.15, -0.1) is 0 Å². The summed E-state index contributed by atoms with van der Waals surface area (Å²) in [6.45, 7) is 5.59. The fraction of sp³-hybridized carbons (Fsp3) is 0.429. The first-order valence-corrected chi connectivity index (χ1v) is 5.89. The van der Waals surface area contributed by atoms with Gasteiger partial charge in [-0.05, 0) is 36.2 Å². The van der Waals surface area contributed by atoms with Crippen LogP contribution in [0.4, 0.5) is 0 Å². The summed E-state index contributed by atoms with van der Waals surface area (Å²) in [5.41, 5.74) is 2.71. The van der Waals surface area contributed by atoms with Crippen LogP contribution in [0.3, 0.4) is 0 Å². The molecule has 0 radical (unpaired) electrons. The van der Waals surface area contributed by atoms with E-state index in [-0.39, 0.29) is 0 Å². The highest BCUT2D eigenvalue weighted by atomic mass is 16.5. The molecule has 2 nitrogen and oxygen atoms in total. The molecule has 86 valence electrons. The minimum atomic E-state index is 0.937. The van der Waals surface area contributed by atoms with Crippen LogP contribution in [0.1, 0.15) is 18.9 Å². The highest BCUT2D eigenvalue weighted by Crippen LogP contribution is 2.23. The first kappa shape index (κ1) is 11.2. The van der Waals surface area contributed by atoms with Crippen LogP contribution in [0.15, 0.2) is 30.3 Å². The van der Waals surface area contributed by atoms with Crippen molar-refractivity contribution in [1.29, 1.82) is 0 Å². The SMILES string of the molecule is CCN1CCC=C(c2cccc(OC)c2)C1. The van der Waals surface area contributed by atoms with E-state index in [2.05, 4.69) is 36.1 Å². The number of rotatable bonds is 3. The van der Waals surface area contributed by atoms with Gasteiger partial charge in [0.15, 0.2) is 0 Å². The van der Waals surface area contributed by atoms with Crippen molar-refractivity contribution < 1.29 is 4.74 Å². The summed E-state index contributed by atoms with van der Waals surface area (Å²) in [5, 5.41) is 0. The van der Waals surface area contributed by atoms with Gasteiger partial charge >= 0.3 is 0 Å². The first-order chi connectivity index (χ1) is 7.83. The fourth-order valence-electron chi connectivity index (χ4n) is 2.11. The van der Waals surface area contributed by atoms with Gasteiger partial charge in [-0.2, -0.15) is 0 Å². The van der Waals surface area contributed by atoms with Crippen LogP contribution in [-0.4, -0.2) is 31.6 Å². The monoisotopic (exact) mass is 217 g/mol. The topological polar surface area (TPSA) is 12.5 Å². The van der Waals surface area contributed by atoms with Crippen LogP contribution in [0.5, 0.6) is 5.75 Å². The molecule has 2 heteroatoms. The summed E-state index contributed by atoms with van der Waals surface area (Å²) in [6.07, 6.45) is 3.50. The summed E-state index contributed by atoms with van der Waals surface area (Å²) >= 11 is 0. The molecule has 0 unspecified atom stereocenters. The van der Waals surface area contributed by atoms with E-state index >= 15 is 0 Å². The summed E-state index contributed by atoms with van der Waals surface area (Å²) < 4.78 is 5.26. The molecule has 0 spiro atoms. The smallest absolute Gasteiger partial charge is 0.119 e. The minimum absolute atomic E-state index is 0.937. The normalized spacial score (nSPS) is 17.0. The van der Waals surface area contributed by atoms with Crippen molar-refractivity contribution in [3.05, 3.63) is 35.9 Å². The Balaban J connectivity index is 2.20. The van der Waals surface area contributed by atoms with Crippen molar-refractivity contribution in [3.8, 4) is 5.75 Å². The number of nitrogens with zero attached hydrogens (tertiary/aromatic N) is 1. The minimum Gasteiger partial charge on any atom is -0.497 e. The molecule has 0 saturated carbocycles. The maximum Gasteiger partial charge on any atom is 0.119 e. The number of ether oxygens (including phenoxy) is 1. The third kappa shape index (κ3) is 2.45. The lowest BCUT2D eigenvalue weighted by Gasteiger charge is -2.26. The van der Waals surface area contributed by atoms with Gasteiger partial charge in [0.2, 0.25) is 0 Å². The Morgan fingerprint density at radius 3 is 3.00 bits per heavy atom. The molecular weight excluding hydrogens is 198 g/mol. The zero-order chi connectivity index (χ0) is 11.4.